The maximum absolute atomic E-state index is 6.27. The van der Waals surface area contributed by atoms with E-state index in [1.54, 1.807) is 0 Å². The molecule has 0 aliphatic heterocycles. The third-order valence-corrected chi connectivity index (χ3v) is 3.57. The van der Waals surface area contributed by atoms with Gasteiger partial charge in [-0.05, 0) is 26.7 Å². The fraction of sp³-hybridized carbons (Fsp3) is 1.00. The normalized spacial score (nSPS) is 24.7. The highest BCUT2D eigenvalue weighted by Gasteiger charge is 2.35. The summed E-state index contributed by atoms with van der Waals surface area (Å²) in [6.45, 7) is 6.34. The maximum Gasteiger partial charge on any atom is 0.136 e. The van der Waals surface area contributed by atoms with Crippen molar-refractivity contribution in [2.24, 2.45) is 5.41 Å². The van der Waals surface area contributed by atoms with Gasteiger partial charge in [-0.3, -0.25) is 0 Å². The molecule has 1 aliphatic carbocycles. The standard InChI is InChI=1S/C11H21ClO/c1-9(2)13-10(12)11(3)7-5-4-6-8-11/h9-10H,4-8H2,1-3H3. The van der Waals surface area contributed by atoms with Crippen LogP contribution in [0.25, 0.3) is 0 Å². The fourth-order valence-corrected chi connectivity index (χ4v) is 2.41. The summed E-state index contributed by atoms with van der Waals surface area (Å²) in [6.07, 6.45) is 6.65. The molecule has 1 rings (SSSR count). The van der Waals surface area contributed by atoms with Crippen molar-refractivity contribution in [3.63, 3.8) is 0 Å². The summed E-state index contributed by atoms with van der Waals surface area (Å²) >= 11 is 6.27. The van der Waals surface area contributed by atoms with Crippen molar-refractivity contribution in [3.8, 4) is 0 Å². The molecule has 0 spiro atoms. The highest BCUT2D eigenvalue weighted by molar-refractivity contribution is 6.20. The lowest BCUT2D eigenvalue weighted by atomic mass is 9.76. The van der Waals surface area contributed by atoms with Crippen LogP contribution in [0.15, 0.2) is 0 Å². The van der Waals surface area contributed by atoms with Gasteiger partial charge in [0.25, 0.3) is 0 Å². The first kappa shape index (κ1) is 11.3. The molecule has 2 heteroatoms. The maximum atomic E-state index is 6.27. The summed E-state index contributed by atoms with van der Waals surface area (Å²) in [5, 5.41) is 0. The van der Waals surface area contributed by atoms with Crippen LogP contribution in [-0.2, 0) is 4.74 Å². The van der Waals surface area contributed by atoms with E-state index in [1.165, 1.54) is 32.1 Å². The van der Waals surface area contributed by atoms with E-state index in [-0.39, 0.29) is 17.1 Å². The van der Waals surface area contributed by atoms with Gasteiger partial charge in [-0.25, -0.2) is 0 Å². The summed E-state index contributed by atoms with van der Waals surface area (Å²) in [5.74, 6) is 0. The van der Waals surface area contributed by atoms with Gasteiger partial charge in [-0.1, -0.05) is 37.8 Å². The van der Waals surface area contributed by atoms with Crippen molar-refractivity contribution in [2.75, 3.05) is 0 Å². The van der Waals surface area contributed by atoms with Crippen LogP contribution in [0.1, 0.15) is 52.9 Å². The first-order valence-corrected chi connectivity index (χ1v) is 5.78. The molecule has 0 aromatic heterocycles. The van der Waals surface area contributed by atoms with Gasteiger partial charge in [-0.2, -0.15) is 0 Å². The van der Waals surface area contributed by atoms with E-state index in [2.05, 4.69) is 6.92 Å². The minimum Gasteiger partial charge on any atom is -0.359 e. The number of halogens is 1. The van der Waals surface area contributed by atoms with E-state index >= 15 is 0 Å². The Morgan fingerprint density at radius 1 is 1.15 bits per heavy atom. The van der Waals surface area contributed by atoms with Crippen LogP contribution in [-0.4, -0.2) is 11.7 Å². The zero-order chi connectivity index (χ0) is 9.90. The molecule has 1 fully saturated rings. The van der Waals surface area contributed by atoms with Gasteiger partial charge >= 0.3 is 0 Å². The highest BCUT2D eigenvalue weighted by Crippen LogP contribution is 2.41. The molecule has 0 saturated heterocycles. The minimum absolute atomic E-state index is 0.104. The predicted octanol–water partition coefficient (Wildman–Crippen LogP) is 3.95. The Bertz CT molecular complexity index is 150. The second-order valence-corrected chi connectivity index (χ2v) is 5.11. The molecule has 0 bridgehead atoms. The molecule has 13 heavy (non-hydrogen) atoms. The van der Waals surface area contributed by atoms with E-state index in [9.17, 15) is 0 Å². The van der Waals surface area contributed by atoms with Crippen LogP contribution in [0, 0.1) is 5.41 Å². The summed E-state index contributed by atoms with van der Waals surface area (Å²) in [6, 6.07) is 0. The molecule has 0 aromatic carbocycles. The van der Waals surface area contributed by atoms with Gasteiger partial charge in [0.2, 0.25) is 0 Å². The van der Waals surface area contributed by atoms with Gasteiger partial charge in [0.15, 0.2) is 0 Å². The molecule has 0 radical (unpaired) electrons. The molecular formula is C11H21ClO. The summed E-state index contributed by atoms with van der Waals surface area (Å²) in [5.41, 5.74) is 0.108. The number of rotatable bonds is 3. The molecule has 0 N–H and O–H groups in total. The molecule has 1 nitrogen and oxygen atoms in total. The Morgan fingerprint density at radius 3 is 2.15 bits per heavy atom. The average Bonchev–Trinajstić information content (AvgIpc) is 2.04. The fourth-order valence-electron chi connectivity index (χ4n) is 1.99. The smallest absolute Gasteiger partial charge is 0.136 e. The lowest BCUT2D eigenvalue weighted by molar-refractivity contribution is -0.0304. The van der Waals surface area contributed by atoms with Crippen LogP contribution in [0.4, 0.5) is 0 Å². The average molecular weight is 205 g/mol. The zero-order valence-electron chi connectivity index (χ0n) is 8.98. The molecule has 1 aliphatic rings. The van der Waals surface area contributed by atoms with Crippen molar-refractivity contribution < 1.29 is 4.74 Å². The Labute approximate surface area is 86.8 Å². The molecule has 1 unspecified atom stereocenters. The monoisotopic (exact) mass is 204 g/mol. The summed E-state index contributed by atoms with van der Waals surface area (Å²) in [4.78, 5) is 0. The van der Waals surface area contributed by atoms with Crippen molar-refractivity contribution >= 4 is 11.6 Å². The Morgan fingerprint density at radius 2 is 1.69 bits per heavy atom. The third kappa shape index (κ3) is 3.14. The van der Waals surface area contributed by atoms with Crippen LogP contribution >= 0.6 is 11.6 Å². The van der Waals surface area contributed by atoms with E-state index in [0.29, 0.717) is 0 Å². The highest BCUT2D eigenvalue weighted by atomic mass is 35.5. The number of hydrogen-bond donors (Lipinski definition) is 0. The Hall–Kier alpha value is 0.250. The van der Waals surface area contributed by atoms with Crippen LogP contribution in [0.3, 0.4) is 0 Å². The van der Waals surface area contributed by atoms with E-state index in [0.717, 1.165) is 0 Å². The van der Waals surface area contributed by atoms with Crippen molar-refractivity contribution in [2.45, 2.75) is 64.5 Å². The van der Waals surface area contributed by atoms with Crippen LogP contribution < -0.4 is 0 Å². The molecule has 0 aromatic rings. The predicted molar refractivity (Wildman–Crippen MR) is 57.1 cm³/mol. The van der Waals surface area contributed by atoms with Gasteiger partial charge in [-0.15, -0.1) is 0 Å². The second kappa shape index (κ2) is 4.65. The second-order valence-electron chi connectivity index (χ2n) is 4.72. The third-order valence-electron chi connectivity index (χ3n) is 2.94. The Kier molecular flexibility index (Phi) is 4.06. The van der Waals surface area contributed by atoms with Crippen molar-refractivity contribution in [1.29, 1.82) is 0 Å². The first-order chi connectivity index (χ1) is 6.04. The van der Waals surface area contributed by atoms with Gasteiger partial charge in [0.1, 0.15) is 5.56 Å². The van der Waals surface area contributed by atoms with Gasteiger partial charge in [0.05, 0.1) is 6.10 Å². The summed E-state index contributed by atoms with van der Waals surface area (Å²) < 4.78 is 5.66. The summed E-state index contributed by atoms with van der Waals surface area (Å²) in [7, 11) is 0. The van der Waals surface area contributed by atoms with Crippen molar-refractivity contribution in [1.82, 2.24) is 0 Å². The largest absolute Gasteiger partial charge is 0.359 e. The molecule has 1 saturated carbocycles. The van der Waals surface area contributed by atoms with Gasteiger partial charge < -0.3 is 4.74 Å². The molecular weight excluding hydrogens is 184 g/mol. The number of ether oxygens (including phenoxy) is 1. The lowest BCUT2D eigenvalue weighted by Gasteiger charge is -2.37. The van der Waals surface area contributed by atoms with E-state index in [1.807, 2.05) is 13.8 Å². The topological polar surface area (TPSA) is 9.23 Å². The molecule has 0 heterocycles. The van der Waals surface area contributed by atoms with E-state index in [4.69, 9.17) is 16.3 Å². The zero-order valence-corrected chi connectivity index (χ0v) is 9.73. The molecule has 78 valence electrons. The SMILES string of the molecule is CC(C)OC(Cl)C1(C)CCCCC1. The van der Waals surface area contributed by atoms with Crippen molar-refractivity contribution in [3.05, 3.63) is 0 Å². The Balaban J connectivity index is 2.46. The first-order valence-electron chi connectivity index (χ1n) is 5.34. The van der Waals surface area contributed by atoms with Gasteiger partial charge in [0, 0.05) is 5.41 Å². The van der Waals surface area contributed by atoms with Crippen LogP contribution in [0.5, 0.6) is 0 Å². The van der Waals surface area contributed by atoms with E-state index < -0.39 is 0 Å². The van der Waals surface area contributed by atoms with Crippen LogP contribution in [0.2, 0.25) is 0 Å². The number of hydrogen-bond acceptors (Lipinski definition) is 1. The molecule has 0 amide bonds. The molecule has 1 atom stereocenters. The quantitative estimate of drug-likeness (QED) is 0.633. The minimum atomic E-state index is -0.104. The number of alkyl halides is 1. The lowest BCUT2D eigenvalue weighted by Crippen LogP contribution is -2.34.